The summed E-state index contributed by atoms with van der Waals surface area (Å²) in [6.45, 7) is 4.17. The number of hydrogen-bond acceptors (Lipinski definition) is 9. The molecule has 1 aliphatic rings. The Morgan fingerprint density at radius 2 is 1.63 bits per heavy atom. The number of rotatable bonds is 11. The van der Waals surface area contributed by atoms with Crippen LogP contribution in [0.5, 0.6) is 23.0 Å². The molecule has 0 atom stereocenters. The van der Waals surface area contributed by atoms with Gasteiger partial charge in [-0.1, -0.05) is 30.7 Å². The Morgan fingerprint density at radius 1 is 0.930 bits per heavy atom. The third-order valence-corrected chi connectivity index (χ3v) is 8.32. The van der Waals surface area contributed by atoms with E-state index in [4.69, 9.17) is 18.4 Å². The highest BCUT2D eigenvalue weighted by Gasteiger charge is 2.36. The van der Waals surface area contributed by atoms with Crippen molar-refractivity contribution < 1.29 is 41.2 Å². The molecular formula is C30H29IN2O9S. The van der Waals surface area contributed by atoms with E-state index in [1.807, 2.05) is 36.4 Å². The topological polar surface area (TPSA) is 138 Å². The molecule has 0 aliphatic carbocycles. The van der Waals surface area contributed by atoms with E-state index >= 15 is 0 Å². The molecule has 226 valence electrons. The lowest BCUT2D eigenvalue weighted by Crippen LogP contribution is -2.53. The lowest BCUT2D eigenvalue weighted by molar-refractivity contribution is -0.130. The van der Waals surface area contributed by atoms with E-state index < -0.39 is 28.0 Å². The number of barbiturate groups is 1. The van der Waals surface area contributed by atoms with Gasteiger partial charge in [-0.05, 0) is 89.5 Å². The van der Waals surface area contributed by atoms with E-state index in [2.05, 4.69) is 5.32 Å². The molecule has 43 heavy (non-hydrogen) atoms. The van der Waals surface area contributed by atoms with Gasteiger partial charge in [0.2, 0.25) is 0 Å². The minimum Gasteiger partial charge on any atom is -0.493 e. The van der Waals surface area contributed by atoms with E-state index in [9.17, 15) is 22.8 Å². The van der Waals surface area contributed by atoms with Gasteiger partial charge >= 0.3 is 16.1 Å². The maximum atomic E-state index is 13.4. The molecule has 0 aromatic heterocycles. The van der Waals surface area contributed by atoms with Crippen LogP contribution in [0.3, 0.4) is 0 Å². The monoisotopic (exact) mass is 720 g/mol. The van der Waals surface area contributed by atoms with Crippen molar-refractivity contribution in [2.45, 2.75) is 31.7 Å². The van der Waals surface area contributed by atoms with Crippen LogP contribution in [0.25, 0.3) is 6.08 Å². The molecule has 0 bridgehead atoms. The second kappa shape index (κ2) is 13.5. The first-order valence-corrected chi connectivity index (χ1v) is 15.5. The molecular weight excluding hydrogens is 691 g/mol. The highest BCUT2D eigenvalue weighted by atomic mass is 127. The molecule has 0 unspecified atom stereocenters. The lowest BCUT2D eigenvalue weighted by Gasteiger charge is -2.26. The number of carbonyl (C=O) groups excluding carboxylic acids is 3. The van der Waals surface area contributed by atoms with Gasteiger partial charge in [-0.2, -0.15) is 8.42 Å². The van der Waals surface area contributed by atoms with Crippen LogP contribution in [0.1, 0.15) is 30.0 Å². The second-order valence-corrected chi connectivity index (χ2v) is 12.1. The molecule has 3 aromatic carbocycles. The smallest absolute Gasteiger partial charge is 0.339 e. The number of halogens is 1. The fourth-order valence-electron chi connectivity index (χ4n) is 4.10. The Morgan fingerprint density at radius 3 is 2.28 bits per heavy atom. The number of nitrogens with zero attached hydrogens (tertiary/aromatic N) is 1. The Bertz CT molecular complexity index is 1700. The summed E-state index contributed by atoms with van der Waals surface area (Å²) < 4.78 is 48.0. The van der Waals surface area contributed by atoms with Crippen LogP contribution in [0, 0.1) is 10.5 Å². The Kier molecular flexibility index (Phi) is 9.96. The summed E-state index contributed by atoms with van der Waals surface area (Å²) in [5.74, 6) is -0.707. The average Bonchev–Trinajstić information content (AvgIpc) is 2.97. The van der Waals surface area contributed by atoms with Gasteiger partial charge < -0.3 is 18.4 Å². The quantitative estimate of drug-likeness (QED) is 0.128. The molecule has 4 amide bonds. The minimum absolute atomic E-state index is 0.0304. The minimum atomic E-state index is -4.18. The van der Waals surface area contributed by atoms with E-state index in [1.54, 1.807) is 30.3 Å². The first-order valence-electron chi connectivity index (χ1n) is 13.0. The molecule has 0 saturated carbocycles. The third kappa shape index (κ3) is 7.28. The van der Waals surface area contributed by atoms with Crippen molar-refractivity contribution in [2.75, 3.05) is 20.8 Å². The van der Waals surface area contributed by atoms with Gasteiger partial charge in [-0.25, -0.2) is 4.79 Å². The summed E-state index contributed by atoms with van der Waals surface area (Å²) in [7, 11) is -1.36. The summed E-state index contributed by atoms with van der Waals surface area (Å²) in [6.07, 6.45) is 2.10. The van der Waals surface area contributed by atoms with E-state index in [0.29, 0.717) is 32.8 Å². The molecule has 11 nitrogen and oxygen atoms in total. The molecule has 1 saturated heterocycles. The number of imide groups is 2. The number of nitrogens with one attached hydrogen (secondary N) is 1. The molecule has 1 aliphatic heterocycles. The van der Waals surface area contributed by atoms with Gasteiger partial charge in [-0.3, -0.25) is 19.8 Å². The molecule has 13 heteroatoms. The number of methoxy groups -OCH3 is 2. The fraction of sp³-hybridized carbons (Fsp3) is 0.233. The van der Waals surface area contributed by atoms with Crippen LogP contribution < -0.4 is 23.7 Å². The van der Waals surface area contributed by atoms with Gasteiger partial charge in [0, 0.05) is 0 Å². The molecule has 0 radical (unpaired) electrons. The predicted molar refractivity (Wildman–Crippen MR) is 166 cm³/mol. The molecule has 1 N–H and O–H groups in total. The highest BCUT2D eigenvalue weighted by Crippen LogP contribution is 2.37. The van der Waals surface area contributed by atoms with Crippen LogP contribution in [-0.4, -0.2) is 52.0 Å². The Hall–Kier alpha value is -4.11. The largest absolute Gasteiger partial charge is 0.493 e. The zero-order chi connectivity index (χ0) is 31.3. The number of benzene rings is 3. The average molecular weight is 721 g/mol. The summed E-state index contributed by atoms with van der Waals surface area (Å²) in [5, 5.41) is 2.19. The van der Waals surface area contributed by atoms with Crippen molar-refractivity contribution in [3.05, 3.63) is 80.4 Å². The van der Waals surface area contributed by atoms with Crippen LogP contribution in [0.2, 0.25) is 0 Å². The van der Waals surface area contributed by atoms with Crippen molar-refractivity contribution in [3.63, 3.8) is 0 Å². The first-order chi connectivity index (χ1) is 20.5. The van der Waals surface area contributed by atoms with Crippen LogP contribution >= 0.6 is 22.6 Å². The zero-order valence-corrected chi connectivity index (χ0v) is 26.8. The number of aryl methyl sites for hydroxylation is 1. The SMILES string of the molecule is CCCOc1ccc(CN2C(=O)NC(=O)/C(=C\c3cc(I)c(OS(=O)(=O)c4ccc(C)cc4)c(OC)c3)C2=O)cc1OC. The van der Waals surface area contributed by atoms with Crippen molar-refractivity contribution >= 4 is 56.6 Å². The molecule has 1 fully saturated rings. The number of hydrogen-bond donors (Lipinski definition) is 1. The van der Waals surface area contributed by atoms with Gasteiger partial charge in [0.15, 0.2) is 23.0 Å². The maximum absolute atomic E-state index is 13.4. The van der Waals surface area contributed by atoms with E-state index in [-0.39, 0.29) is 28.5 Å². The first kappa shape index (κ1) is 31.8. The molecule has 3 aromatic rings. The summed E-state index contributed by atoms with van der Waals surface area (Å²) >= 11 is 1.87. The lowest BCUT2D eigenvalue weighted by atomic mass is 10.1. The molecule has 1 heterocycles. The third-order valence-electron chi connectivity index (χ3n) is 6.28. The fourth-order valence-corrected chi connectivity index (χ4v) is 5.94. The summed E-state index contributed by atoms with van der Waals surface area (Å²) in [5.41, 5.74) is 1.51. The normalized spacial score (nSPS) is 14.5. The highest BCUT2D eigenvalue weighted by molar-refractivity contribution is 14.1. The van der Waals surface area contributed by atoms with E-state index in [0.717, 1.165) is 16.9 Å². The van der Waals surface area contributed by atoms with Crippen molar-refractivity contribution in [1.29, 1.82) is 0 Å². The standard InChI is InChI=1S/C30H29IN2O9S/c1-5-12-41-24-11-8-19(15-25(24)39-3)17-33-29(35)22(28(34)32-30(33)36)13-20-14-23(31)27(26(16-20)40-4)42-43(37,38)21-9-6-18(2)7-10-21/h6-11,13-16H,5,12,17H2,1-4H3,(H,32,34,36)/b22-13+. The van der Waals surface area contributed by atoms with E-state index in [1.165, 1.54) is 44.6 Å². The maximum Gasteiger partial charge on any atom is 0.339 e. The van der Waals surface area contributed by atoms with Gasteiger partial charge in [0.1, 0.15) is 10.5 Å². The molecule has 0 spiro atoms. The van der Waals surface area contributed by atoms with Gasteiger partial charge in [0.05, 0.1) is 30.9 Å². The Labute approximate surface area is 263 Å². The molecule has 4 rings (SSSR count). The number of carbonyl (C=O) groups is 3. The number of ether oxygens (including phenoxy) is 3. The second-order valence-electron chi connectivity index (χ2n) is 9.43. The van der Waals surface area contributed by atoms with Crippen molar-refractivity contribution in [3.8, 4) is 23.0 Å². The summed E-state index contributed by atoms with van der Waals surface area (Å²) in [6, 6.07) is 13.3. The number of amides is 4. The predicted octanol–water partition coefficient (Wildman–Crippen LogP) is 4.84. The van der Waals surface area contributed by atoms with Crippen LogP contribution in [-0.2, 0) is 26.3 Å². The van der Waals surface area contributed by atoms with Gasteiger partial charge in [0.25, 0.3) is 11.8 Å². The van der Waals surface area contributed by atoms with Crippen LogP contribution in [0.4, 0.5) is 4.79 Å². The van der Waals surface area contributed by atoms with Gasteiger partial charge in [-0.15, -0.1) is 0 Å². The van der Waals surface area contributed by atoms with Crippen molar-refractivity contribution in [2.24, 2.45) is 0 Å². The number of urea groups is 1. The van der Waals surface area contributed by atoms with Crippen LogP contribution in [0.15, 0.2) is 65.1 Å². The zero-order valence-electron chi connectivity index (χ0n) is 23.8. The van der Waals surface area contributed by atoms with Crippen molar-refractivity contribution in [1.82, 2.24) is 10.2 Å². The summed E-state index contributed by atoms with van der Waals surface area (Å²) in [4.78, 5) is 39.6. The Balaban J connectivity index is 1.62.